The van der Waals surface area contributed by atoms with Crippen LogP contribution in [0.4, 0.5) is 5.82 Å². The predicted octanol–water partition coefficient (Wildman–Crippen LogP) is 0.752. The molecule has 6 nitrogen and oxygen atoms in total. The molecule has 0 spiro atoms. The number of pyridine rings is 1. The number of nitrogen functional groups attached to an aromatic ring is 1. The molecule has 0 unspecified atom stereocenters. The van der Waals surface area contributed by atoms with Crippen LogP contribution in [0.15, 0.2) is 18.3 Å². The quantitative estimate of drug-likeness (QED) is 0.474. The summed E-state index contributed by atoms with van der Waals surface area (Å²) in [5.74, 6) is 5.91. The molecule has 0 aliphatic carbocycles. The lowest BCUT2D eigenvalue weighted by Crippen LogP contribution is -2.36. The molecule has 104 valence electrons. The molecule has 0 amide bonds. The number of ether oxygens (including phenoxy) is 1. The highest BCUT2D eigenvalue weighted by Crippen LogP contribution is 2.20. The number of hydrazine groups is 1. The van der Waals surface area contributed by atoms with Gasteiger partial charge in [0.25, 0.3) is 0 Å². The first kappa shape index (κ1) is 13.8. The topological polar surface area (TPSA) is 80.5 Å². The molecule has 1 aliphatic rings. The Hall–Kier alpha value is -1.66. The van der Waals surface area contributed by atoms with Gasteiger partial charge in [-0.25, -0.2) is 10.8 Å². The van der Waals surface area contributed by atoms with Crippen LogP contribution < -0.4 is 11.3 Å². The average Bonchev–Trinajstić information content (AvgIpc) is 2.48. The van der Waals surface area contributed by atoms with Gasteiger partial charge in [0.05, 0.1) is 13.0 Å². The molecule has 1 aromatic heterocycles. The number of esters is 1. The van der Waals surface area contributed by atoms with Crippen LogP contribution in [0.2, 0.25) is 0 Å². The van der Waals surface area contributed by atoms with Crippen molar-refractivity contribution in [1.82, 2.24) is 9.88 Å². The molecule has 1 saturated heterocycles. The standard InChI is InChI=1S/C13H20N4O2/c1-19-13(18)11-4-6-17(7-5-11)9-10-2-3-12(16-14)15-8-10/h2-3,8,11H,4-7,9,14H2,1H3,(H,15,16). The zero-order valence-electron chi connectivity index (χ0n) is 11.1. The molecule has 0 radical (unpaired) electrons. The largest absolute Gasteiger partial charge is 0.469 e. The second kappa shape index (κ2) is 6.49. The number of nitrogens with two attached hydrogens (primary N) is 1. The van der Waals surface area contributed by atoms with E-state index in [4.69, 9.17) is 10.6 Å². The van der Waals surface area contributed by atoms with Crippen molar-refractivity contribution in [2.45, 2.75) is 19.4 Å². The molecule has 3 N–H and O–H groups in total. The van der Waals surface area contributed by atoms with Crippen LogP contribution in [0.3, 0.4) is 0 Å². The summed E-state index contributed by atoms with van der Waals surface area (Å²) in [6.45, 7) is 2.68. The molecule has 1 aromatic rings. The zero-order valence-corrected chi connectivity index (χ0v) is 11.1. The van der Waals surface area contributed by atoms with Crippen molar-refractivity contribution < 1.29 is 9.53 Å². The van der Waals surface area contributed by atoms with E-state index in [1.165, 1.54) is 7.11 Å². The van der Waals surface area contributed by atoms with Crippen molar-refractivity contribution >= 4 is 11.8 Å². The maximum absolute atomic E-state index is 11.4. The Morgan fingerprint density at radius 1 is 1.53 bits per heavy atom. The average molecular weight is 264 g/mol. The van der Waals surface area contributed by atoms with E-state index in [9.17, 15) is 4.79 Å². The smallest absolute Gasteiger partial charge is 0.308 e. The number of nitrogens with one attached hydrogen (secondary N) is 1. The summed E-state index contributed by atoms with van der Waals surface area (Å²) >= 11 is 0. The number of rotatable bonds is 4. The summed E-state index contributed by atoms with van der Waals surface area (Å²) < 4.78 is 4.78. The third kappa shape index (κ3) is 3.65. The Kier molecular flexibility index (Phi) is 4.70. The first-order valence-corrected chi connectivity index (χ1v) is 6.44. The van der Waals surface area contributed by atoms with E-state index >= 15 is 0 Å². The summed E-state index contributed by atoms with van der Waals surface area (Å²) in [6, 6.07) is 3.87. The summed E-state index contributed by atoms with van der Waals surface area (Å²) in [6.07, 6.45) is 3.55. The van der Waals surface area contributed by atoms with Gasteiger partial charge in [0, 0.05) is 12.7 Å². The Morgan fingerprint density at radius 2 is 2.26 bits per heavy atom. The number of anilines is 1. The van der Waals surface area contributed by atoms with Gasteiger partial charge in [-0.2, -0.15) is 0 Å². The number of hydrogen-bond acceptors (Lipinski definition) is 6. The number of hydrogen-bond donors (Lipinski definition) is 2. The fraction of sp³-hybridized carbons (Fsp3) is 0.538. The minimum Gasteiger partial charge on any atom is -0.469 e. The minimum absolute atomic E-state index is 0.0585. The summed E-state index contributed by atoms with van der Waals surface area (Å²) in [4.78, 5) is 17.9. The zero-order chi connectivity index (χ0) is 13.7. The lowest BCUT2D eigenvalue weighted by molar-refractivity contribution is -0.147. The third-order valence-electron chi connectivity index (χ3n) is 3.50. The molecular weight excluding hydrogens is 244 g/mol. The second-order valence-electron chi connectivity index (χ2n) is 4.77. The van der Waals surface area contributed by atoms with Gasteiger partial charge in [-0.15, -0.1) is 0 Å². The molecule has 2 heterocycles. The van der Waals surface area contributed by atoms with Crippen LogP contribution in [0.25, 0.3) is 0 Å². The molecule has 6 heteroatoms. The number of methoxy groups -OCH3 is 1. The van der Waals surface area contributed by atoms with Gasteiger partial charge in [0.15, 0.2) is 0 Å². The maximum atomic E-state index is 11.4. The summed E-state index contributed by atoms with van der Waals surface area (Å²) in [7, 11) is 1.45. The van der Waals surface area contributed by atoms with Crippen LogP contribution in [-0.2, 0) is 16.1 Å². The highest BCUT2D eigenvalue weighted by atomic mass is 16.5. The van der Waals surface area contributed by atoms with Crippen LogP contribution >= 0.6 is 0 Å². The van der Waals surface area contributed by atoms with Crippen molar-refractivity contribution in [1.29, 1.82) is 0 Å². The number of carbonyl (C=O) groups is 1. The predicted molar refractivity (Wildman–Crippen MR) is 72.1 cm³/mol. The van der Waals surface area contributed by atoms with Crippen LogP contribution in [0, 0.1) is 5.92 Å². The molecular formula is C13H20N4O2. The number of likely N-dealkylation sites (tertiary alicyclic amines) is 1. The summed E-state index contributed by atoms with van der Waals surface area (Å²) in [5.41, 5.74) is 3.66. The first-order chi connectivity index (χ1) is 9.22. The van der Waals surface area contributed by atoms with Crippen molar-refractivity contribution in [3.63, 3.8) is 0 Å². The molecule has 0 bridgehead atoms. The van der Waals surface area contributed by atoms with Gasteiger partial charge in [-0.3, -0.25) is 9.69 Å². The molecule has 0 aromatic carbocycles. The molecule has 0 atom stereocenters. The van der Waals surface area contributed by atoms with E-state index in [-0.39, 0.29) is 11.9 Å². The highest BCUT2D eigenvalue weighted by molar-refractivity contribution is 5.72. The lowest BCUT2D eigenvalue weighted by Gasteiger charge is -2.30. The molecule has 1 fully saturated rings. The Balaban J connectivity index is 1.83. The third-order valence-corrected chi connectivity index (χ3v) is 3.50. The first-order valence-electron chi connectivity index (χ1n) is 6.44. The van der Waals surface area contributed by atoms with Gasteiger partial charge in [0.1, 0.15) is 5.82 Å². The maximum Gasteiger partial charge on any atom is 0.308 e. The van der Waals surface area contributed by atoms with E-state index in [2.05, 4.69) is 15.3 Å². The van der Waals surface area contributed by atoms with Crippen molar-refractivity contribution in [3.05, 3.63) is 23.9 Å². The highest BCUT2D eigenvalue weighted by Gasteiger charge is 2.25. The summed E-state index contributed by atoms with van der Waals surface area (Å²) in [5, 5.41) is 0. The van der Waals surface area contributed by atoms with E-state index in [1.54, 1.807) is 0 Å². The Bertz CT molecular complexity index is 413. The van der Waals surface area contributed by atoms with Gasteiger partial charge < -0.3 is 10.2 Å². The second-order valence-corrected chi connectivity index (χ2v) is 4.77. The molecule has 1 aliphatic heterocycles. The van der Waals surface area contributed by atoms with E-state index in [0.717, 1.165) is 38.0 Å². The number of aromatic nitrogens is 1. The van der Waals surface area contributed by atoms with E-state index in [1.807, 2.05) is 18.3 Å². The fourth-order valence-electron chi connectivity index (χ4n) is 2.36. The van der Waals surface area contributed by atoms with Crippen LogP contribution in [-0.4, -0.2) is 36.1 Å². The van der Waals surface area contributed by atoms with E-state index < -0.39 is 0 Å². The number of nitrogens with zero attached hydrogens (tertiary/aromatic N) is 2. The van der Waals surface area contributed by atoms with Gasteiger partial charge >= 0.3 is 5.97 Å². The monoisotopic (exact) mass is 264 g/mol. The van der Waals surface area contributed by atoms with Gasteiger partial charge in [0.2, 0.25) is 0 Å². The minimum atomic E-state index is -0.0836. The SMILES string of the molecule is COC(=O)C1CCN(Cc2ccc(NN)nc2)CC1. The Morgan fingerprint density at radius 3 is 2.79 bits per heavy atom. The van der Waals surface area contributed by atoms with Gasteiger partial charge in [-0.1, -0.05) is 6.07 Å². The van der Waals surface area contributed by atoms with E-state index in [0.29, 0.717) is 5.82 Å². The number of piperidine rings is 1. The van der Waals surface area contributed by atoms with Gasteiger partial charge in [-0.05, 0) is 37.6 Å². The molecule has 19 heavy (non-hydrogen) atoms. The van der Waals surface area contributed by atoms with Crippen molar-refractivity contribution in [2.24, 2.45) is 11.8 Å². The fourth-order valence-corrected chi connectivity index (χ4v) is 2.36. The lowest BCUT2D eigenvalue weighted by atomic mass is 9.97. The number of carbonyl (C=O) groups excluding carboxylic acids is 1. The normalized spacial score (nSPS) is 17.2. The van der Waals surface area contributed by atoms with Crippen molar-refractivity contribution in [2.75, 3.05) is 25.6 Å². The Labute approximate surface area is 112 Å². The van der Waals surface area contributed by atoms with Crippen LogP contribution in [0.5, 0.6) is 0 Å². The molecule has 2 rings (SSSR count). The van der Waals surface area contributed by atoms with Crippen LogP contribution in [0.1, 0.15) is 18.4 Å². The molecule has 0 saturated carbocycles. The van der Waals surface area contributed by atoms with Crippen molar-refractivity contribution in [3.8, 4) is 0 Å².